The number of piperidine rings is 1. The number of rotatable bonds is 10. The number of benzene rings is 1. The summed E-state index contributed by atoms with van der Waals surface area (Å²) in [7, 11) is 1.72. The second kappa shape index (κ2) is 12.6. The van der Waals surface area contributed by atoms with E-state index in [1.807, 2.05) is 6.07 Å². The summed E-state index contributed by atoms with van der Waals surface area (Å²) in [5.41, 5.74) is 1.22. The molecule has 2 N–H and O–H groups in total. The summed E-state index contributed by atoms with van der Waals surface area (Å²) in [4.78, 5) is 7.18. The number of anilines is 1. The molecule has 2 unspecified atom stereocenters. The molecule has 2 heterocycles. The summed E-state index contributed by atoms with van der Waals surface area (Å²) in [5, 5.41) is 7.01. The van der Waals surface area contributed by atoms with Crippen LogP contribution in [0.25, 0.3) is 0 Å². The van der Waals surface area contributed by atoms with Crippen molar-refractivity contribution < 1.29 is 14.2 Å². The van der Waals surface area contributed by atoms with Crippen LogP contribution in [0, 0.1) is 5.92 Å². The third-order valence-electron chi connectivity index (χ3n) is 5.62. The maximum atomic E-state index is 5.78. The molecular formula is C23H38N4O3. The van der Waals surface area contributed by atoms with Crippen LogP contribution < -0.4 is 20.3 Å². The summed E-state index contributed by atoms with van der Waals surface area (Å²) >= 11 is 0. The molecule has 1 aromatic rings. The molecule has 2 atom stereocenters. The van der Waals surface area contributed by atoms with E-state index in [0.29, 0.717) is 12.0 Å². The lowest BCUT2D eigenvalue weighted by molar-refractivity contribution is 0.0893. The van der Waals surface area contributed by atoms with Crippen LogP contribution >= 0.6 is 0 Å². The van der Waals surface area contributed by atoms with Gasteiger partial charge in [-0.05, 0) is 44.7 Å². The van der Waals surface area contributed by atoms with Gasteiger partial charge in [-0.3, -0.25) is 4.99 Å². The van der Waals surface area contributed by atoms with Crippen LogP contribution in [0.3, 0.4) is 0 Å². The van der Waals surface area contributed by atoms with Gasteiger partial charge < -0.3 is 29.7 Å². The van der Waals surface area contributed by atoms with Gasteiger partial charge in [-0.2, -0.15) is 0 Å². The number of nitrogens with one attached hydrogen (secondary N) is 2. The van der Waals surface area contributed by atoms with Gasteiger partial charge in [0.25, 0.3) is 0 Å². The lowest BCUT2D eigenvalue weighted by atomic mass is 10.0. The summed E-state index contributed by atoms with van der Waals surface area (Å²) in [6.07, 6.45) is 4.37. The largest absolute Gasteiger partial charge is 0.497 e. The molecule has 0 bridgehead atoms. The topological polar surface area (TPSA) is 67.4 Å². The van der Waals surface area contributed by atoms with Gasteiger partial charge in [0.05, 0.1) is 20.3 Å². The fourth-order valence-electron chi connectivity index (χ4n) is 3.97. The molecule has 0 saturated carbocycles. The minimum atomic E-state index is 0.376. The van der Waals surface area contributed by atoms with E-state index in [4.69, 9.17) is 19.2 Å². The fraction of sp³-hybridized carbons (Fsp3) is 0.696. The van der Waals surface area contributed by atoms with Crippen molar-refractivity contribution in [1.29, 1.82) is 0 Å². The molecule has 0 spiro atoms. The molecule has 168 valence electrons. The zero-order valence-corrected chi connectivity index (χ0v) is 18.6. The van der Waals surface area contributed by atoms with Gasteiger partial charge in [0.15, 0.2) is 5.96 Å². The molecule has 2 saturated heterocycles. The van der Waals surface area contributed by atoms with E-state index < -0.39 is 0 Å². The Bertz CT molecular complexity index is 649. The van der Waals surface area contributed by atoms with Gasteiger partial charge in [0.2, 0.25) is 0 Å². The fourth-order valence-corrected chi connectivity index (χ4v) is 3.97. The normalized spacial score (nSPS) is 22.2. The molecule has 0 aliphatic carbocycles. The highest BCUT2D eigenvalue weighted by molar-refractivity contribution is 5.80. The first kappa shape index (κ1) is 22.7. The summed E-state index contributed by atoms with van der Waals surface area (Å²) < 4.78 is 16.6. The molecule has 2 aliphatic rings. The van der Waals surface area contributed by atoms with Crippen molar-refractivity contribution in [1.82, 2.24) is 10.6 Å². The number of aliphatic imine (C=N–C) groups is 1. The lowest BCUT2D eigenvalue weighted by Gasteiger charge is -2.35. The van der Waals surface area contributed by atoms with Crippen LogP contribution in [0.15, 0.2) is 29.3 Å². The van der Waals surface area contributed by atoms with E-state index in [9.17, 15) is 0 Å². The Kier molecular flexibility index (Phi) is 9.57. The molecular weight excluding hydrogens is 380 g/mol. The number of guanidine groups is 1. The Balaban J connectivity index is 1.43. The highest BCUT2D eigenvalue weighted by atomic mass is 16.5. The smallest absolute Gasteiger partial charge is 0.191 e. The Morgan fingerprint density at radius 3 is 3.07 bits per heavy atom. The van der Waals surface area contributed by atoms with Crippen LogP contribution in [0.1, 0.15) is 32.6 Å². The molecule has 2 aliphatic heterocycles. The number of methoxy groups -OCH3 is 1. The third kappa shape index (κ3) is 7.36. The van der Waals surface area contributed by atoms with E-state index in [2.05, 4.69) is 40.7 Å². The van der Waals surface area contributed by atoms with Gasteiger partial charge in [-0.1, -0.05) is 6.07 Å². The van der Waals surface area contributed by atoms with Crippen molar-refractivity contribution in [3.05, 3.63) is 24.3 Å². The van der Waals surface area contributed by atoms with Crippen molar-refractivity contribution in [2.45, 2.75) is 38.6 Å². The Labute approximate surface area is 181 Å². The van der Waals surface area contributed by atoms with E-state index in [-0.39, 0.29) is 0 Å². The quantitative estimate of drug-likeness (QED) is 0.346. The Hall–Kier alpha value is -1.99. The van der Waals surface area contributed by atoms with E-state index in [1.165, 1.54) is 5.69 Å². The minimum Gasteiger partial charge on any atom is -0.497 e. The monoisotopic (exact) mass is 418 g/mol. The molecule has 30 heavy (non-hydrogen) atoms. The summed E-state index contributed by atoms with van der Waals surface area (Å²) in [5.74, 6) is 2.38. The van der Waals surface area contributed by atoms with E-state index in [1.54, 1.807) is 7.11 Å². The van der Waals surface area contributed by atoms with E-state index >= 15 is 0 Å². The number of ether oxygens (including phenoxy) is 3. The lowest BCUT2D eigenvalue weighted by Crippen LogP contribution is -2.51. The maximum absolute atomic E-state index is 5.78. The van der Waals surface area contributed by atoms with Gasteiger partial charge >= 0.3 is 0 Å². The first-order valence-corrected chi connectivity index (χ1v) is 11.4. The van der Waals surface area contributed by atoms with Crippen molar-refractivity contribution in [2.24, 2.45) is 10.9 Å². The Morgan fingerprint density at radius 1 is 1.33 bits per heavy atom. The van der Waals surface area contributed by atoms with Gasteiger partial charge in [0.1, 0.15) is 5.75 Å². The molecule has 0 amide bonds. The zero-order chi connectivity index (χ0) is 21.0. The van der Waals surface area contributed by atoms with Crippen LogP contribution in [0.5, 0.6) is 5.75 Å². The van der Waals surface area contributed by atoms with Crippen molar-refractivity contribution in [3.8, 4) is 5.75 Å². The first-order chi connectivity index (χ1) is 14.8. The van der Waals surface area contributed by atoms with Crippen molar-refractivity contribution in [3.63, 3.8) is 0 Å². The second-order valence-electron chi connectivity index (χ2n) is 8.05. The molecule has 1 aromatic carbocycles. The second-order valence-corrected chi connectivity index (χ2v) is 8.05. The van der Waals surface area contributed by atoms with Crippen molar-refractivity contribution in [2.75, 3.05) is 64.6 Å². The number of hydrogen-bond donors (Lipinski definition) is 2. The van der Waals surface area contributed by atoms with Gasteiger partial charge in [-0.15, -0.1) is 0 Å². The summed E-state index contributed by atoms with van der Waals surface area (Å²) in [6, 6.07) is 8.69. The maximum Gasteiger partial charge on any atom is 0.191 e. The molecule has 3 rings (SSSR count). The van der Waals surface area contributed by atoms with Crippen LogP contribution in [-0.2, 0) is 9.47 Å². The predicted molar refractivity (Wildman–Crippen MR) is 122 cm³/mol. The molecule has 2 fully saturated rings. The zero-order valence-electron chi connectivity index (χ0n) is 18.6. The van der Waals surface area contributed by atoms with Crippen LogP contribution in [0.2, 0.25) is 0 Å². The Morgan fingerprint density at radius 2 is 2.27 bits per heavy atom. The number of hydrogen-bond acceptors (Lipinski definition) is 5. The van der Waals surface area contributed by atoms with E-state index in [0.717, 1.165) is 90.0 Å². The third-order valence-corrected chi connectivity index (χ3v) is 5.62. The first-order valence-electron chi connectivity index (χ1n) is 11.4. The molecule has 7 heteroatoms. The minimum absolute atomic E-state index is 0.376. The van der Waals surface area contributed by atoms with Crippen LogP contribution in [0.4, 0.5) is 5.69 Å². The summed E-state index contributed by atoms with van der Waals surface area (Å²) in [6.45, 7) is 9.06. The predicted octanol–water partition coefficient (Wildman–Crippen LogP) is 2.66. The number of nitrogens with zero attached hydrogens (tertiary/aromatic N) is 2. The van der Waals surface area contributed by atoms with Gasteiger partial charge in [-0.25, -0.2) is 0 Å². The van der Waals surface area contributed by atoms with Crippen LogP contribution in [-0.4, -0.2) is 71.7 Å². The SMILES string of the molecule is CCNC(=NCCCOCC1CCOC1)NC1CCCN(c2cccc(OC)c2)C1. The standard InChI is InChI=1S/C23H38N4O3/c1-3-24-23(25-11-6-13-29-17-19-10-14-30-18-19)26-20-7-5-12-27(16-20)21-8-4-9-22(15-21)28-2/h4,8-9,15,19-20H,3,5-7,10-14,16-18H2,1-2H3,(H2,24,25,26). The molecule has 0 radical (unpaired) electrons. The average molecular weight is 419 g/mol. The highest BCUT2D eigenvalue weighted by Crippen LogP contribution is 2.24. The molecule has 7 nitrogen and oxygen atoms in total. The average Bonchev–Trinajstić information content (AvgIpc) is 3.30. The molecule has 0 aromatic heterocycles. The van der Waals surface area contributed by atoms with Crippen molar-refractivity contribution >= 4 is 11.6 Å². The van der Waals surface area contributed by atoms with Gasteiger partial charge in [0, 0.05) is 63.1 Å². The highest BCUT2D eigenvalue weighted by Gasteiger charge is 2.21.